The van der Waals surface area contributed by atoms with Crippen molar-refractivity contribution in [2.75, 3.05) is 25.5 Å². The topological polar surface area (TPSA) is 142 Å². The quantitative estimate of drug-likeness (QED) is 0.171. The number of halogens is 1. The van der Waals surface area contributed by atoms with Crippen molar-refractivity contribution < 1.29 is 18.8 Å². The summed E-state index contributed by atoms with van der Waals surface area (Å²) >= 11 is 0. The second-order valence-electron chi connectivity index (χ2n) is 7.97. The lowest BCUT2D eigenvalue weighted by molar-refractivity contribution is -0.385. The molecule has 0 radical (unpaired) electrons. The molecule has 12 nitrogen and oxygen atoms in total. The fourth-order valence-corrected chi connectivity index (χ4v) is 3.68. The number of hydrogen-bond acceptors (Lipinski definition) is 10. The number of likely N-dealkylation sites (N-methyl/N-ethyl adjacent to an activating group) is 1. The van der Waals surface area contributed by atoms with Crippen LogP contribution >= 0.6 is 0 Å². The molecule has 13 heteroatoms. The highest BCUT2D eigenvalue weighted by atomic mass is 19.1. The van der Waals surface area contributed by atoms with Gasteiger partial charge in [-0.25, -0.2) is 23.9 Å². The van der Waals surface area contributed by atoms with Gasteiger partial charge in [-0.1, -0.05) is 0 Å². The largest absolute Gasteiger partial charge is 0.485 e. The van der Waals surface area contributed by atoms with Crippen LogP contribution in [0.25, 0.3) is 16.6 Å². The van der Waals surface area contributed by atoms with Crippen LogP contribution in [-0.2, 0) is 0 Å². The first kappa shape index (κ1) is 23.8. The number of anilines is 2. The highest BCUT2D eigenvalue weighted by Crippen LogP contribution is 2.36. The fourth-order valence-electron chi connectivity index (χ4n) is 3.68. The van der Waals surface area contributed by atoms with Crippen LogP contribution < -0.4 is 20.1 Å². The minimum absolute atomic E-state index is 0.0882. The van der Waals surface area contributed by atoms with E-state index in [1.807, 2.05) is 0 Å². The third kappa shape index (κ3) is 4.79. The fraction of sp³-hybridized carbons (Fsp3) is 0.167. The van der Waals surface area contributed by atoms with E-state index in [2.05, 4.69) is 30.7 Å². The zero-order valence-corrected chi connectivity index (χ0v) is 19.8. The average Bonchev–Trinajstić information content (AvgIpc) is 3.36. The third-order valence-electron chi connectivity index (χ3n) is 5.59. The Kier molecular flexibility index (Phi) is 6.43. The summed E-state index contributed by atoms with van der Waals surface area (Å²) in [4.78, 5) is 23.6. The number of rotatable bonds is 9. The number of nitro benzene ring substituents is 1. The van der Waals surface area contributed by atoms with E-state index in [-0.39, 0.29) is 35.1 Å². The van der Waals surface area contributed by atoms with Gasteiger partial charge in [-0.2, -0.15) is 5.10 Å². The smallest absolute Gasteiger partial charge is 0.311 e. The normalized spacial score (nSPS) is 11.1. The van der Waals surface area contributed by atoms with Gasteiger partial charge in [0.25, 0.3) is 0 Å². The molecule has 0 fully saturated rings. The van der Waals surface area contributed by atoms with E-state index < -0.39 is 10.7 Å². The number of nitro groups is 1. The van der Waals surface area contributed by atoms with E-state index in [0.717, 1.165) is 0 Å². The van der Waals surface area contributed by atoms with Gasteiger partial charge in [-0.3, -0.25) is 10.1 Å². The number of nitrogens with one attached hydrogen (secondary N) is 2. The number of nitrogens with zero attached hydrogens (tertiary/aromatic N) is 6. The van der Waals surface area contributed by atoms with Gasteiger partial charge in [0, 0.05) is 36.5 Å². The van der Waals surface area contributed by atoms with Gasteiger partial charge < -0.3 is 20.1 Å². The van der Waals surface area contributed by atoms with Gasteiger partial charge in [0.05, 0.1) is 21.5 Å². The van der Waals surface area contributed by atoms with Crippen LogP contribution in [-0.4, -0.2) is 49.7 Å². The molecule has 0 aliphatic carbocycles. The van der Waals surface area contributed by atoms with E-state index >= 15 is 4.39 Å². The van der Waals surface area contributed by atoms with Crippen molar-refractivity contribution in [3.8, 4) is 17.2 Å². The standard InChI is InChI=1S/C24H21FN8O4/c1-14-20(37-15-5-7-32-22(9-15)28-13-30-32)4-3-17(23(14)25)31-24-16-10-19(33(34)35)21(36-8-6-26-2)11-18(16)27-12-29-24/h3-5,7,9-13,26H,6,8H2,1-2H3,(H,27,29,31). The molecule has 0 bridgehead atoms. The molecule has 0 atom stereocenters. The molecular formula is C24H21FN8O4. The van der Waals surface area contributed by atoms with Gasteiger partial charge in [0.1, 0.15) is 36.6 Å². The van der Waals surface area contributed by atoms with Crippen LogP contribution in [0.2, 0.25) is 0 Å². The highest BCUT2D eigenvalue weighted by molar-refractivity contribution is 5.93. The minimum Gasteiger partial charge on any atom is -0.485 e. The number of pyridine rings is 1. The first-order chi connectivity index (χ1) is 17.9. The minimum atomic E-state index is -0.561. The van der Waals surface area contributed by atoms with E-state index in [4.69, 9.17) is 9.47 Å². The summed E-state index contributed by atoms with van der Waals surface area (Å²) in [5, 5.41) is 21.9. The molecule has 2 N–H and O–H groups in total. The molecule has 0 aliphatic rings. The molecule has 0 aliphatic heterocycles. The Bertz CT molecular complexity index is 1620. The average molecular weight is 504 g/mol. The van der Waals surface area contributed by atoms with Crippen molar-refractivity contribution in [2.45, 2.75) is 6.92 Å². The molecule has 5 rings (SSSR count). The Balaban J connectivity index is 1.45. The summed E-state index contributed by atoms with van der Waals surface area (Å²) in [7, 11) is 1.75. The van der Waals surface area contributed by atoms with Gasteiger partial charge >= 0.3 is 5.69 Å². The molecule has 3 aromatic heterocycles. The maximum atomic E-state index is 15.4. The summed E-state index contributed by atoms with van der Waals surface area (Å²) in [6.45, 7) is 2.34. The molecule has 0 unspecified atom stereocenters. The number of hydrogen-bond donors (Lipinski definition) is 2. The molecule has 0 saturated carbocycles. The van der Waals surface area contributed by atoms with Gasteiger partial charge in [-0.05, 0) is 32.2 Å². The Hall–Kier alpha value is -4.91. The van der Waals surface area contributed by atoms with E-state index in [1.165, 1.54) is 30.9 Å². The number of ether oxygens (including phenoxy) is 2. The predicted octanol–water partition coefficient (Wildman–Crippen LogP) is 4.16. The molecule has 5 aromatic rings. The Morgan fingerprint density at radius 1 is 1.11 bits per heavy atom. The SMILES string of the molecule is CNCCOc1cc2ncnc(Nc3ccc(Oc4ccn5ncnc5c4)c(C)c3F)c2cc1[N+](=O)[O-]. The molecule has 3 heterocycles. The van der Waals surface area contributed by atoms with Gasteiger partial charge in [0.2, 0.25) is 0 Å². The molecule has 188 valence electrons. The summed E-state index contributed by atoms with van der Waals surface area (Å²) < 4.78 is 28.4. The molecule has 37 heavy (non-hydrogen) atoms. The van der Waals surface area contributed by atoms with Crippen molar-refractivity contribution in [1.29, 1.82) is 0 Å². The Labute approximate surface area is 209 Å². The molecule has 2 aromatic carbocycles. The monoisotopic (exact) mass is 504 g/mol. The summed E-state index contributed by atoms with van der Waals surface area (Å²) in [6, 6.07) is 9.30. The lowest BCUT2D eigenvalue weighted by Crippen LogP contribution is -2.16. The molecule has 0 amide bonds. The number of fused-ring (bicyclic) bond motifs is 2. The second kappa shape index (κ2) is 9.99. The second-order valence-corrected chi connectivity index (χ2v) is 7.97. The first-order valence-electron chi connectivity index (χ1n) is 11.2. The Morgan fingerprint density at radius 2 is 1.97 bits per heavy atom. The van der Waals surface area contributed by atoms with Crippen LogP contribution in [0.15, 0.2) is 55.2 Å². The number of aromatic nitrogens is 5. The maximum absolute atomic E-state index is 15.4. The summed E-state index contributed by atoms with van der Waals surface area (Å²) in [6.07, 6.45) is 4.40. The van der Waals surface area contributed by atoms with Crippen LogP contribution in [0.1, 0.15) is 5.56 Å². The first-order valence-corrected chi connectivity index (χ1v) is 11.2. The van der Waals surface area contributed by atoms with Crippen LogP contribution in [0, 0.1) is 22.9 Å². The number of benzene rings is 2. The zero-order valence-electron chi connectivity index (χ0n) is 19.8. The van der Waals surface area contributed by atoms with E-state index in [1.54, 1.807) is 42.9 Å². The highest BCUT2D eigenvalue weighted by Gasteiger charge is 2.20. The zero-order chi connectivity index (χ0) is 25.9. The van der Waals surface area contributed by atoms with Crippen LogP contribution in [0.3, 0.4) is 0 Å². The molecule has 0 spiro atoms. The van der Waals surface area contributed by atoms with Crippen LogP contribution in [0.4, 0.5) is 21.6 Å². The van der Waals surface area contributed by atoms with Crippen LogP contribution in [0.5, 0.6) is 17.2 Å². The Morgan fingerprint density at radius 3 is 2.78 bits per heavy atom. The summed E-state index contributed by atoms with van der Waals surface area (Å²) in [5.41, 5.74) is 1.13. The van der Waals surface area contributed by atoms with E-state index in [0.29, 0.717) is 34.6 Å². The van der Waals surface area contributed by atoms with Crippen molar-refractivity contribution in [1.82, 2.24) is 29.9 Å². The van der Waals surface area contributed by atoms with Gasteiger partial charge in [-0.15, -0.1) is 0 Å². The maximum Gasteiger partial charge on any atom is 0.311 e. The lowest BCUT2D eigenvalue weighted by atomic mass is 10.1. The predicted molar refractivity (Wildman–Crippen MR) is 133 cm³/mol. The van der Waals surface area contributed by atoms with Crippen molar-refractivity contribution in [3.63, 3.8) is 0 Å². The van der Waals surface area contributed by atoms with Crippen molar-refractivity contribution in [3.05, 3.63) is 76.7 Å². The molecular weight excluding hydrogens is 483 g/mol. The van der Waals surface area contributed by atoms with Crippen molar-refractivity contribution in [2.24, 2.45) is 0 Å². The summed E-state index contributed by atoms with van der Waals surface area (Å²) in [5.74, 6) is 0.530. The van der Waals surface area contributed by atoms with Crippen molar-refractivity contribution >= 4 is 33.7 Å². The van der Waals surface area contributed by atoms with E-state index in [9.17, 15) is 10.1 Å². The van der Waals surface area contributed by atoms with Gasteiger partial charge in [0.15, 0.2) is 17.2 Å². The lowest BCUT2D eigenvalue weighted by Gasteiger charge is -2.14. The third-order valence-corrected chi connectivity index (χ3v) is 5.59. The molecule has 0 saturated heterocycles.